The first-order valence-corrected chi connectivity index (χ1v) is 7.21. The summed E-state index contributed by atoms with van der Waals surface area (Å²) in [6, 6.07) is 9.09. The summed E-state index contributed by atoms with van der Waals surface area (Å²) in [5.41, 5.74) is 0.823. The van der Waals surface area contributed by atoms with Crippen LogP contribution >= 0.6 is 27.5 Å². The molecule has 0 fully saturated rings. The van der Waals surface area contributed by atoms with E-state index in [-0.39, 0.29) is 21.9 Å². The molecule has 0 heterocycles. The van der Waals surface area contributed by atoms with E-state index in [1.807, 2.05) is 6.92 Å². The maximum absolute atomic E-state index is 13.6. The first-order chi connectivity index (χ1) is 9.88. The molecular formula is C14H11BrClFN2O2. The molecule has 1 unspecified atom stereocenters. The minimum Gasteiger partial charge on any atom is -0.373 e. The average Bonchev–Trinajstić information content (AvgIpc) is 2.43. The molecule has 0 aliphatic heterocycles. The van der Waals surface area contributed by atoms with Gasteiger partial charge in [-0.25, -0.2) is 4.39 Å². The van der Waals surface area contributed by atoms with Crippen molar-refractivity contribution in [3.05, 3.63) is 67.4 Å². The second-order valence-corrected chi connectivity index (χ2v) is 5.75. The number of nitrogens with zero attached hydrogens (tertiary/aromatic N) is 1. The van der Waals surface area contributed by atoms with Crippen molar-refractivity contribution in [1.82, 2.24) is 0 Å². The van der Waals surface area contributed by atoms with E-state index in [0.717, 1.165) is 17.7 Å². The molecule has 0 aliphatic carbocycles. The van der Waals surface area contributed by atoms with Gasteiger partial charge in [0.1, 0.15) is 11.5 Å². The van der Waals surface area contributed by atoms with Crippen LogP contribution in [-0.4, -0.2) is 4.92 Å². The Morgan fingerprint density at radius 3 is 2.52 bits per heavy atom. The predicted octanol–water partition coefficient (Wildman–Crippen LogP) is 5.32. The van der Waals surface area contributed by atoms with E-state index in [2.05, 4.69) is 21.2 Å². The van der Waals surface area contributed by atoms with Gasteiger partial charge in [-0.15, -0.1) is 0 Å². The Morgan fingerprint density at radius 1 is 1.33 bits per heavy atom. The van der Waals surface area contributed by atoms with Crippen molar-refractivity contribution in [2.45, 2.75) is 13.0 Å². The Morgan fingerprint density at radius 2 is 1.95 bits per heavy atom. The van der Waals surface area contributed by atoms with E-state index < -0.39 is 10.7 Å². The molecule has 0 amide bonds. The lowest BCUT2D eigenvalue weighted by molar-refractivity contribution is -0.384. The van der Waals surface area contributed by atoms with Crippen molar-refractivity contribution >= 4 is 38.9 Å². The summed E-state index contributed by atoms with van der Waals surface area (Å²) < 4.78 is 13.7. The van der Waals surface area contributed by atoms with Crippen LogP contribution in [0.5, 0.6) is 0 Å². The van der Waals surface area contributed by atoms with Gasteiger partial charge in [0.25, 0.3) is 5.69 Å². The lowest BCUT2D eigenvalue weighted by Gasteiger charge is -2.16. The van der Waals surface area contributed by atoms with Gasteiger partial charge in [-0.2, -0.15) is 0 Å². The third-order valence-electron chi connectivity index (χ3n) is 2.98. The maximum atomic E-state index is 13.6. The Bertz CT molecular complexity index is 679. The zero-order chi connectivity index (χ0) is 15.6. The van der Waals surface area contributed by atoms with E-state index >= 15 is 0 Å². The number of hydrogen-bond acceptors (Lipinski definition) is 3. The number of halogens is 3. The van der Waals surface area contributed by atoms with E-state index in [1.54, 1.807) is 24.3 Å². The molecule has 21 heavy (non-hydrogen) atoms. The molecule has 0 aliphatic rings. The van der Waals surface area contributed by atoms with E-state index in [1.165, 1.54) is 0 Å². The highest BCUT2D eigenvalue weighted by molar-refractivity contribution is 9.10. The largest absolute Gasteiger partial charge is 0.373 e. The number of nitro benzene ring substituents is 1. The topological polar surface area (TPSA) is 55.2 Å². The summed E-state index contributed by atoms with van der Waals surface area (Å²) in [7, 11) is 0. The van der Waals surface area contributed by atoms with Crippen molar-refractivity contribution in [2.75, 3.05) is 5.32 Å². The van der Waals surface area contributed by atoms with Crippen LogP contribution in [0.15, 0.2) is 40.9 Å². The van der Waals surface area contributed by atoms with Crippen LogP contribution in [0.25, 0.3) is 0 Å². The fraction of sp³-hybridized carbons (Fsp3) is 0.143. The van der Waals surface area contributed by atoms with Crippen molar-refractivity contribution < 1.29 is 9.31 Å². The zero-order valence-electron chi connectivity index (χ0n) is 10.9. The first-order valence-electron chi connectivity index (χ1n) is 6.04. The molecule has 1 N–H and O–H groups in total. The van der Waals surface area contributed by atoms with Gasteiger partial charge in [-0.3, -0.25) is 10.1 Å². The van der Waals surface area contributed by atoms with Gasteiger partial charge in [-0.05, 0) is 40.5 Å². The summed E-state index contributed by atoms with van der Waals surface area (Å²) >= 11 is 8.76. The Hall–Kier alpha value is -1.66. The van der Waals surface area contributed by atoms with E-state index in [0.29, 0.717) is 5.02 Å². The number of benzene rings is 2. The van der Waals surface area contributed by atoms with Crippen LogP contribution < -0.4 is 5.32 Å². The van der Waals surface area contributed by atoms with Gasteiger partial charge in [0.15, 0.2) is 0 Å². The molecule has 1 atom stereocenters. The summed E-state index contributed by atoms with van der Waals surface area (Å²) in [4.78, 5) is 10.5. The molecule has 4 nitrogen and oxygen atoms in total. The average molecular weight is 374 g/mol. The van der Waals surface area contributed by atoms with Gasteiger partial charge in [0.2, 0.25) is 0 Å². The Labute approximate surface area is 134 Å². The quantitative estimate of drug-likeness (QED) is 0.582. The molecule has 0 saturated heterocycles. The predicted molar refractivity (Wildman–Crippen MR) is 84.2 cm³/mol. The Balaban J connectivity index is 2.32. The standard InChI is InChI=1S/C14H11BrClFN2O2/c1-8(9-2-4-10(16)5-3-9)18-13-7-12(17)11(15)6-14(13)19(20)21/h2-8,18H,1H3. The molecule has 0 saturated carbocycles. The highest BCUT2D eigenvalue weighted by atomic mass is 79.9. The van der Waals surface area contributed by atoms with Gasteiger partial charge in [0.05, 0.1) is 9.40 Å². The number of nitrogens with one attached hydrogen (secondary N) is 1. The molecule has 0 bridgehead atoms. The summed E-state index contributed by atoms with van der Waals surface area (Å²) in [5, 5.41) is 14.6. The van der Waals surface area contributed by atoms with Crippen LogP contribution in [0.1, 0.15) is 18.5 Å². The smallest absolute Gasteiger partial charge is 0.293 e. The van der Waals surface area contributed by atoms with Gasteiger partial charge in [-0.1, -0.05) is 23.7 Å². The molecule has 0 radical (unpaired) electrons. The monoisotopic (exact) mass is 372 g/mol. The summed E-state index contributed by atoms with van der Waals surface area (Å²) in [6.07, 6.45) is 0. The fourth-order valence-corrected chi connectivity index (χ4v) is 2.33. The van der Waals surface area contributed by atoms with Crippen molar-refractivity contribution in [3.8, 4) is 0 Å². The summed E-state index contributed by atoms with van der Waals surface area (Å²) in [5.74, 6) is -0.564. The second-order valence-electron chi connectivity index (χ2n) is 4.46. The second kappa shape index (κ2) is 6.41. The number of rotatable bonds is 4. The van der Waals surface area contributed by atoms with Crippen LogP contribution in [0.4, 0.5) is 15.8 Å². The number of nitro groups is 1. The van der Waals surface area contributed by atoms with Gasteiger partial charge < -0.3 is 5.32 Å². The minimum atomic E-state index is -0.564. The van der Waals surface area contributed by atoms with Crippen molar-refractivity contribution in [3.63, 3.8) is 0 Å². The third-order valence-corrected chi connectivity index (χ3v) is 3.84. The minimum absolute atomic E-state index is 0.0545. The third kappa shape index (κ3) is 3.71. The van der Waals surface area contributed by atoms with E-state index in [9.17, 15) is 14.5 Å². The van der Waals surface area contributed by atoms with Gasteiger partial charge in [0, 0.05) is 23.2 Å². The van der Waals surface area contributed by atoms with Crippen molar-refractivity contribution in [2.24, 2.45) is 0 Å². The highest BCUT2D eigenvalue weighted by Crippen LogP contribution is 2.33. The molecule has 0 aromatic heterocycles. The van der Waals surface area contributed by atoms with E-state index in [4.69, 9.17) is 11.6 Å². The molecule has 0 spiro atoms. The maximum Gasteiger partial charge on any atom is 0.293 e. The molecule has 2 aromatic rings. The molecule has 2 rings (SSSR count). The molecule has 110 valence electrons. The fourth-order valence-electron chi connectivity index (χ4n) is 1.87. The van der Waals surface area contributed by atoms with Crippen molar-refractivity contribution in [1.29, 1.82) is 0 Å². The Kier molecular flexibility index (Phi) is 4.80. The normalized spacial score (nSPS) is 12.0. The first kappa shape index (κ1) is 15.7. The molecule has 2 aromatic carbocycles. The highest BCUT2D eigenvalue weighted by Gasteiger charge is 2.19. The lowest BCUT2D eigenvalue weighted by Crippen LogP contribution is -2.08. The lowest BCUT2D eigenvalue weighted by atomic mass is 10.1. The summed E-state index contributed by atoms with van der Waals surface area (Å²) in [6.45, 7) is 1.83. The van der Waals surface area contributed by atoms with Gasteiger partial charge >= 0.3 is 0 Å². The van der Waals surface area contributed by atoms with Crippen LogP contribution in [0, 0.1) is 15.9 Å². The van der Waals surface area contributed by atoms with Crippen LogP contribution in [0.3, 0.4) is 0 Å². The number of anilines is 1. The SMILES string of the molecule is CC(Nc1cc(F)c(Br)cc1[N+](=O)[O-])c1ccc(Cl)cc1. The molecule has 7 heteroatoms. The zero-order valence-corrected chi connectivity index (χ0v) is 13.3. The van der Waals surface area contributed by atoms with Crippen LogP contribution in [0.2, 0.25) is 5.02 Å². The molecular weight excluding hydrogens is 363 g/mol. The number of hydrogen-bond donors (Lipinski definition) is 1. The van der Waals surface area contributed by atoms with Crippen LogP contribution in [-0.2, 0) is 0 Å².